The Balaban J connectivity index is 1.56. The van der Waals surface area contributed by atoms with E-state index in [0.717, 1.165) is 49.8 Å². The predicted octanol–water partition coefficient (Wildman–Crippen LogP) is 2.68. The van der Waals surface area contributed by atoms with E-state index in [1.165, 1.54) is 12.0 Å². The van der Waals surface area contributed by atoms with Crippen LogP contribution in [0.2, 0.25) is 0 Å². The number of ether oxygens (including phenoxy) is 1. The zero-order valence-corrected chi connectivity index (χ0v) is 13.7. The largest absolute Gasteiger partial charge is 0.496 e. The second-order valence-corrected chi connectivity index (χ2v) is 6.73. The third kappa shape index (κ3) is 3.61. The maximum Gasteiger partial charge on any atom is 0.315 e. The van der Waals surface area contributed by atoms with Gasteiger partial charge in [0.1, 0.15) is 5.75 Å². The number of carbonyl (C=O) groups is 1. The zero-order chi connectivity index (χ0) is 16.3. The fourth-order valence-electron chi connectivity index (χ4n) is 3.80. The Kier molecular flexibility index (Phi) is 4.76. The van der Waals surface area contributed by atoms with Gasteiger partial charge in [0.15, 0.2) is 0 Å². The summed E-state index contributed by atoms with van der Waals surface area (Å²) >= 11 is 0. The smallest absolute Gasteiger partial charge is 0.315 e. The lowest BCUT2D eigenvalue weighted by Gasteiger charge is -2.32. The van der Waals surface area contributed by atoms with Crippen LogP contribution in [0, 0.1) is 0 Å². The molecule has 0 radical (unpaired) electrons. The molecule has 1 saturated carbocycles. The molecule has 0 bridgehead atoms. The number of nitrogens with one attached hydrogen (secondary N) is 2. The molecule has 1 atom stereocenters. The highest BCUT2D eigenvalue weighted by Gasteiger charge is 2.30. The van der Waals surface area contributed by atoms with Crippen LogP contribution in [0.15, 0.2) is 18.2 Å². The van der Waals surface area contributed by atoms with Gasteiger partial charge < -0.3 is 20.5 Å². The van der Waals surface area contributed by atoms with Gasteiger partial charge in [-0.25, -0.2) is 4.79 Å². The molecule has 1 aromatic carbocycles. The summed E-state index contributed by atoms with van der Waals surface area (Å²) in [5.74, 6) is 0.892. The van der Waals surface area contributed by atoms with Crippen molar-refractivity contribution < 1.29 is 14.6 Å². The van der Waals surface area contributed by atoms with Crippen molar-refractivity contribution in [3.63, 3.8) is 0 Å². The minimum atomic E-state index is -0.730. The third-order valence-electron chi connectivity index (χ3n) is 5.12. The summed E-state index contributed by atoms with van der Waals surface area (Å²) in [6.45, 7) is 0.330. The number of aliphatic hydroxyl groups is 1. The van der Waals surface area contributed by atoms with E-state index < -0.39 is 5.60 Å². The van der Waals surface area contributed by atoms with Crippen molar-refractivity contribution in [2.24, 2.45) is 0 Å². The summed E-state index contributed by atoms with van der Waals surface area (Å²) in [5.41, 5.74) is 1.59. The SMILES string of the molecule is COc1cccc2c1CCC2NC(=O)NCC1(O)CCCCC1. The van der Waals surface area contributed by atoms with Gasteiger partial charge in [0.25, 0.3) is 0 Å². The quantitative estimate of drug-likeness (QED) is 0.799. The Bertz CT molecular complexity index is 567. The monoisotopic (exact) mass is 318 g/mol. The van der Waals surface area contributed by atoms with Gasteiger partial charge in [-0.1, -0.05) is 31.4 Å². The van der Waals surface area contributed by atoms with E-state index in [1.54, 1.807) is 7.11 Å². The van der Waals surface area contributed by atoms with Crippen LogP contribution in [-0.4, -0.2) is 30.4 Å². The van der Waals surface area contributed by atoms with Crippen LogP contribution in [0.1, 0.15) is 55.7 Å². The highest BCUT2D eigenvalue weighted by molar-refractivity contribution is 5.74. The fraction of sp³-hybridized carbons (Fsp3) is 0.611. The van der Waals surface area contributed by atoms with Crippen molar-refractivity contribution in [2.75, 3.05) is 13.7 Å². The van der Waals surface area contributed by atoms with Crippen LogP contribution >= 0.6 is 0 Å². The molecule has 2 amide bonds. The minimum Gasteiger partial charge on any atom is -0.496 e. The molecule has 5 heteroatoms. The predicted molar refractivity (Wildman–Crippen MR) is 88.6 cm³/mol. The molecule has 0 spiro atoms. The number of hydrogen-bond acceptors (Lipinski definition) is 3. The maximum atomic E-state index is 12.2. The summed E-state index contributed by atoms with van der Waals surface area (Å²) in [6.07, 6.45) is 6.59. The van der Waals surface area contributed by atoms with Crippen molar-refractivity contribution >= 4 is 6.03 Å². The molecule has 2 aliphatic rings. The number of benzene rings is 1. The summed E-state index contributed by atoms with van der Waals surface area (Å²) in [4.78, 5) is 12.2. The number of amides is 2. The number of hydrogen-bond donors (Lipinski definition) is 3. The molecule has 0 saturated heterocycles. The second kappa shape index (κ2) is 6.79. The first kappa shape index (κ1) is 16.1. The first-order chi connectivity index (χ1) is 11.1. The molecule has 3 N–H and O–H groups in total. The van der Waals surface area contributed by atoms with Gasteiger partial charge in [-0.3, -0.25) is 0 Å². The number of fused-ring (bicyclic) bond motifs is 1. The number of carbonyl (C=O) groups excluding carboxylic acids is 1. The van der Waals surface area contributed by atoms with Gasteiger partial charge in [-0.15, -0.1) is 0 Å². The van der Waals surface area contributed by atoms with Crippen LogP contribution in [-0.2, 0) is 6.42 Å². The molecule has 1 unspecified atom stereocenters. The standard InChI is InChI=1S/C18H26N2O3/c1-23-16-7-5-6-13-14(16)8-9-15(13)20-17(21)19-12-18(22)10-3-2-4-11-18/h5-7,15,22H,2-4,8-12H2,1H3,(H2,19,20,21). The highest BCUT2D eigenvalue weighted by atomic mass is 16.5. The average molecular weight is 318 g/mol. The summed E-state index contributed by atoms with van der Waals surface area (Å²) in [5, 5.41) is 16.3. The first-order valence-corrected chi connectivity index (χ1v) is 8.54. The van der Waals surface area contributed by atoms with Crippen LogP contribution in [0.25, 0.3) is 0 Å². The minimum absolute atomic E-state index is 0.0149. The van der Waals surface area contributed by atoms with Crippen LogP contribution in [0.5, 0.6) is 5.75 Å². The van der Waals surface area contributed by atoms with Crippen molar-refractivity contribution in [3.8, 4) is 5.75 Å². The van der Waals surface area contributed by atoms with E-state index in [-0.39, 0.29) is 12.1 Å². The maximum absolute atomic E-state index is 12.2. The Morgan fingerprint density at radius 3 is 2.87 bits per heavy atom. The van der Waals surface area contributed by atoms with Crippen LogP contribution in [0.3, 0.4) is 0 Å². The van der Waals surface area contributed by atoms with Crippen molar-refractivity contribution in [1.82, 2.24) is 10.6 Å². The molecule has 2 aliphatic carbocycles. The lowest BCUT2D eigenvalue weighted by Crippen LogP contribution is -2.47. The molecule has 1 aromatic rings. The summed E-state index contributed by atoms with van der Waals surface area (Å²) in [7, 11) is 1.67. The van der Waals surface area contributed by atoms with Gasteiger partial charge in [-0.2, -0.15) is 0 Å². The lowest BCUT2D eigenvalue weighted by molar-refractivity contribution is 0.00712. The summed E-state index contributed by atoms with van der Waals surface area (Å²) in [6, 6.07) is 5.77. The molecule has 1 fully saturated rings. The average Bonchev–Trinajstić information content (AvgIpc) is 2.97. The Hall–Kier alpha value is -1.75. The molecule has 5 nitrogen and oxygen atoms in total. The zero-order valence-electron chi connectivity index (χ0n) is 13.7. The lowest BCUT2D eigenvalue weighted by atomic mass is 9.85. The fourth-order valence-corrected chi connectivity index (χ4v) is 3.80. The number of rotatable bonds is 4. The molecule has 0 heterocycles. The van der Waals surface area contributed by atoms with Gasteiger partial charge in [0, 0.05) is 6.54 Å². The van der Waals surface area contributed by atoms with E-state index in [9.17, 15) is 9.90 Å². The Morgan fingerprint density at radius 2 is 2.13 bits per heavy atom. The highest BCUT2D eigenvalue weighted by Crippen LogP contribution is 2.36. The van der Waals surface area contributed by atoms with E-state index in [4.69, 9.17) is 4.74 Å². The molecule has 0 aliphatic heterocycles. The van der Waals surface area contributed by atoms with Gasteiger partial charge >= 0.3 is 6.03 Å². The van der Waals surface area contributed by atoms with Gasteiger partial charge in [0.05, 0.1) is 18.8 Å². The second-order valence-electron chi connectivity index (χ2n) is 6.73. The van der Waals surface area contributed by atoms with E-state index in [2.05, 4.69) is 10.6 Å². The molecule has 3 rings (SSSR count). The van der Waals surface area contributed by atoms with Crippen LogP contribution < -0.4 is 15.4 Å². The number of urea groups is 1. The summed E-state index contributed by atoms with van der Waals surface area (Å²) < 4.78 is 5.39. The van der Waals surface area contributed by atoms with Crippen molar-refractivity contribution in [3.05, 3.63) is 29.3 Å². The van der Waals surface area contributed by atoms with Crippen molar-refractivity contribution in [2.45, 2.75) is 56.6 Å². The first-order valence-electron chi connectivity index (χ1n) is 8.54. The third-order valence-corrected chi connectivity index (χ3v) is 5.12. The Morgan fingerprint density at radius 1 is 1.35 bits per heavy atom. The van der Waals surface area contributed by atoms with E-state index in [0.29, 0.717) is 6.54 Å². The number of methoxy groups -OCH3 is 1. The molecular formula is C18H26N2O3. The normalized spacial score (nSPS) is 22.3. The molecule has 23 heavy (non-hydrogen) atoms. The van der Waals surface area contributed by atoms with Crippen molar-refractivity contribution in [1.29, 1.82) is 0 Å². The van der Waals surface area contributed by atoms with E-state index in [1.807, 2.05) is 18.2 Å². The van der Waals surface area contributed by atoms with Gasteiger partial charge in [-0.05, 0) is 42.9 Å². The van der Waals surface area contributed by atoms with E-state index >= 15 is 0 Å². The van der Waals surface area contributed by atoms with Gasteiger partial charge in [0.2, 0.25) is 0 Å². The molecule has 126 valence electrons. The molecular weight excluding hydrogens is 292 g/mol. The Labute approximate surface area is 137 Å². The topological polar surface area (TPSA) is 70.6 Å². The van der Waals surface area contributed by atoms with Crippen LogP contribution in [0.4, 0.5) is 4.79 Å². The molecule has 0 aromatic heterocycles.